The van der Waals surface area contributed by atoms with Crippen molar-refractivity contribution >= 4 is 17.4 Å². The summed E-state index contributed by atoms with van der Waals surface area (Å²) >= 11 is 0. The second-order valence-corrected chi connectivity index (χ2v) is 10.0. The average Bonchev–Trinajstić information content (AvgIpc) is 3.45. The fraction of sp³-hybridized carbons (Fsp3) is 0.419. The minimum atomic E-state index is -0.792. The summed E-state index contributed by atoms with van der Waals surface area (Å²) in [6.07, 6.45) is 18.6. The van der Waals surface area contributed by atoms with Crippen LogP contribution in [0.1, 0.15) is 92.2 Å². The van der Waals surface area contributed by atoms with Gasteiger partial charge in [-0.05, 0) is 54.5 Å². The Kier molecular flexibility index (Phi) is 10.2. The number of amides is 1. The molecule has 1 amide bonds. The van der Waals surface area contributed by atoms with Crippen molar-refractivity contribution in [1.29, 1.82) is 0 Å². The number of aliphatic carboxylic acids is 1. The van der Waals surface area contributed by atoms with Crippen LogP contribution < -0.4 is 5.32 Å². The minimum Gasteiger partial charge on any atom is -0.481 e. The molecule has 38 heavy (non-hydrogen) atoms. The lowest BCUT2D eigenvalue weighted by Gasteiger charge is -2.21. The second-order valence-electron chi connectivity index (χ2n) is 10.0. The molecule has 3 aromatic rings. The summed E-state index contributed by atoms with van der Waals surface area (Å²) in [7, 11) is 0. The van der Waals surface area contributed by atoms with Gasteiger partial charge < -0.3 is 14.8 Å². The van der Waals surface area contributed by atoms with Crippen molar-refractivity contribution in [3.05, 3.63) is 78.0 Å². The normalized spacial score (nSPS) is 14.4. The number of carbonyl (C=O) groups is 2. The Morgan fingerprint density at radius 2 is 1.84 bits per heavy atom. The van der Waals surface area contributed by atoms with E-state index in [4.69, 9.17) is 9.52 Å². The molecule has 0 aliphatic heterocycles. The summed E-state index contributed by atoms with van der Waals surface area (Å²) in [6, 6.07) is 11.6. The van der Waals surface area contributed by atoms with Crippen LogP contribution >= 0.6 is 0 Å². The van der Waals surface area contributed by atoms with Crippen LogP contribution in [0, 0.1) is 5.92 Å². The van der Waals surface area contributed by atoms with Gasteiger partial charge in [0.05, 0.1) is 0 Å². The summed E-state index contributed by atoms with van der Waals surface area (Å²) in [5.74, 6) is 0.265. The van der Waals surface area contributed by atoms with Crippen molar-refractivity contribution in [2.24, 2.45) is 5.92 Å². The van der Waals surface area contributed by atoms with Gasteiger partial charge in [-0.1, -0.05) is 69.2 Å². The zero-order valence-corrected chi connectivity index (χ0v) is 21.9. The number of benzene rings is 1. The molecule has 1 aromatic carbocycles. The standard InChI is InChI=1S/C31H37N3O4/c35-29(36)14-5-4-13-27(26-12-8-19-32-21-26)24-15-17-25(18-16-24)31-34-28(22-38-31)30(37)33-20-7-6-11-23-9-2-1-3-10-23/h8,12-13,15-19,21-23H,1-7,9-11,14,20H2,(H,33,37)(H,35,36)/b27-13-. The maximum Gasteiger partial charge on any atom is 0.303 e. The number of unbranched alkanes of at least 4 members (excludes halogenated alkanes) is 2. The number of carbonyl (C=O) groups excluding carboxylic acids is 1. The predicted octanol–water partition coefficient (Wildman–Crippen LogP) is 6.90. The fourth-order valence-electron chi connectivity index (χ4n) is 5.05. The van der Waals surface area contributed by atoms with Crippen LogP contribution in [0.15, 0.2) is 65.5 Å². The molecule has 2 aromatic heterocycles. The molecule has 200 valence electrons. The lowest BCUT2D eigenvalue weighted by Crippen LogP contribution is -2.24. The molecule has 7 heteroatoms. The Morgan fingerprint density at radius 1 is 1.03 bits per heavy atom. The Labute approximate surface area is 224 Å². The van der Waals surface area contributed by atoms with Gasteiger partial charge in [0.1, 0.15) is 6.26 Å². The number of nitrogens with one attached hydrogen (secondary N) is 1. The highest BCUT2D eigenvalue weighted by atomic mass is 16.4. The summed E-state index contributed by atoms with van der Waals surface area (Å²) in [6.45, 7) is 0.651. The number of allylic oxidation sites excluding steroid dienone is 1. The number of aromatic nitrogens is 2. The highest BCUT2D eigenvalue weighted by Gasteiger charge is 2.15. The number of carboxylic acid groups (broad SMARTS) is 1. The molecule has 7 nitrogen and oxygen atoms in total. The van der Waals surface area contributed by atoms with E-state index in [0.29, 0.717) is 25.3 Å². The summed E-state index contributed by atoms with van der Waals surface area (Å²) < 4.78 is 5.61. The first kappa shape index (κ1) is 27.3. The first-order valence-corrected chi connectivity index (χ1v) is 13.8. The molecule has 0 atom stereocenters. The fourth-order valence-corrected chi connectivity index (χ4v) is 5.05. The molecule has 0 spiro atoms. The Morgan fingerprint density at radius 3 is 2.58 bits per heavy atom. The van der Waals surface area contributed by atoms with E-state index in [2.05, 4.69) is 21.4 Å². The third kappa shape index (κ3) is 8.13. The van der Waals surface area contributed by atoms with Crippen molar-refractivity contribution in [1.82, 2.24) is 15.3 Å². The number of rotatable bonds is 13. The summed E-state index contributed by atoms with van der Waals surface area (Å²) in [5, 5.41) is 11.9. The molecular formula is C31H37N3O4. The molecule has 1 saturated carbocycles. The van der Waals surface area contributed by atoms with E-state index in [1.807, 2.05) is 36.4 Å². The highest BCUT2D eigenvalue weighted by Crippen LogP contribution is 2.28. The quantitative estimate of drug-likeness (QED) is 0.240. The molecule has 1 aliphatic rings. The lowest BCUT2D eigenvalue weighted by atomic mass is 9.86. The van der Waals surface area contributed by atoms with Crippen LogP contribution in [0.4, 0.5) is 0 Å². The van der Waals surface area contributed by atoms with Crippen molar-refractivity contribution in [3.63, 3.8) is 0 Å². The third-order valence-electron chi connectivity index (χ3n) is 7.14. The van der Waals surface area contributed by atoms with Gasteiger partial charge >= 0.3 is 5.97 Å². The molecule has 4 rings (SSSR count). The maximum atomic E-state index is 12.5. The van der Waals surface area contributed by atoms with Crippen molar-refractivity contribution < 1.29 is 19.1 Å². The van der Waals surface area contributed by atoms with Gasteiger partial charge in [-0.15, -0.1) is 0 Å². The predicted molar refractivity (Wildman–Crippen MR) is 148 cm³/mol. The van der Waals surface area contributed by atoms with Gasteiger partial charge in [0.25, 0.3) is 5.91 Å². The third-order valence-corrected chi connectivity index (χ3v) is 7.14. The zero-order valence-electron chi connectivity index (χ0n) is 21.9. The molecule has 0 radical (unpaired) electrons. The van der Waals surface area contributed by atoms with Gasteiger partial charge in [-0.25, -0.2) is 4.98 Å². The van der Waals surface area contributed by atoms with E-state index in [1.54, 1.807) is 12.4 Å². The summed E-state index contributed by atoms with van der Waals surface area (Å²) in [4.78, 5) is 32.0. The number of hydrogen-bond donors (Lipinski definition) is 2. The molecule has 0 unspecified atom stereocenters. The number of hydrogen-bond acceptors (Lipinski definition) is 5. The van der Waals surface area contributed by atoms with Crippen molar-refractivity contribution in [2.45, 2.75) is 70.6 Å². The molecule has 1 fully saturated rings. The van der Waals surface area contributed by atoms with E-state index in [0.717, 1.165) is 41.0 Å². The number of oxazole rings is 1. The first-order valence-electron chi connectivity index (χ1n) is 13.8. The van der Waals surface area contributed by atoms with Crippen molar-refractivity contribution in [2.75, 3.05) is 6.54 Å². The molecule has 0 bridgehead atoms. The van der Waals surface area contributed by atoms with Gasteiger partial charge in [-0.3, -0.25) is 14.6 Å². The minimum absolute atomic E-state index is 0.135. The van der Waals surface area contributed by atoms with Crippen molar-refractivity contribution in [3.8, 4) is 11.5 Å². The van der Waals surface area contributed by atoms with Gasteiger partial charge in [0.2, 0.25) is 5.89 Å². The zero-order chi connectivity index (χ0) is 26.6. The number of carboxylic acids is 1. The summed E-state index contributed by atoms with van der Waals surface area (Å²) in [5.41, 5.74) is 3.99. The van der Waals surface area contributed by atoms with Crippen LogP contribution in [0.3, 0.4) is 0 Å². The van der Waals surface area contributed by atoms with Crippen LogP contribution in [0.5, 0.6) is 0 Å². The smallest absolute Gasteiger partial charge is 0.303 e. The number of nitrogens with zero attached hydrogens (tertiary/aromatic N) is 2. The molecule has 1 aliphatic carbocycles. The van der Waals surface area contributed by atoms with E-state index in [1.165, 1.54) is 44.8 Å². The molecule has 2 N–H and O–H groups in total. The SMILES string of the molecule is O=C(O)CCC/C=C(/c1ccc(-c2nc(C(=O)NCCCCC3CCCCC3)co2)cc1)c1cccnc1. The topological polar surface area (TPSA) is 105 Å². The lowest BCUT2D eigenvalue weighted by molar-refractivity contribution is -0.137. The average molecular weight is 516 g/mol. The highest BCUT2D eigenvalue weighted by molar-refractivity contribution is 5.92. The molecule has 0 saturated heterocycles. The van der Waals surface area contributed by atoms with E-state index in [-0.39, 0.29) is 18.0 Å². The molecule has 2 heterocycles. The van der Waals surface area contributed by atoms with Gasteiger partial charge in [0.15, 0.2) is 5.69 Å². The first-order chi connectivity index (χ1) is 18.6. The number of pyridine rings is 1. The molecular weight excluding hydrogens is 478 g/mol. The Hall–Kier alpha value is -3.74. The van der Waals surface area contributed by atoms with Crippen LogP contribution in [-0.4, -0.2) is 33.5 Å². The Bertz CT molecular complexity index is 1200. The van der Waals surface area contributed by atoms with Gasteiger partial charge in [0, 0.05) is 36.5 Å². The van der Waals surface area contributed by atoms with Crippen LogP contribution in [0.25, 0.3) is 17.0 Å². The maximum absolute atomic E-state index is 12.5. The Balaban J connectivity index is 1.33. The van der Waals surface area contributed by atoms with E-state index >= 15 is 0 Å². The second kappa shape index (κ2) is 14.3. The van der Waals surface area contributed by atoms with Crippen LogP contribution in [-0.2, 0) is 4.79 Å². The van der Waals surface area contributed by atoms with Crippen LogP contribution in [0.2, 0.25) is 0 Å². The van der Waals surface area contributed by atoms with Gasteiger partial charge in [-0.2, -0.15) is 0 Å². The monoisotopic (exact) mass is 515 g/mol. The van der Waals surface area contributed by atoms with E-state index in [9.17, 15) is 9.59 Å². The van der Waals surface area contributed by atoms with E-state index < -0.39 is 5.97 Å². The largest absolute Gasteiger partial charge is 0.481 e.